The molecule has 0 spiro atoms. The Bertz CT molecular complexity index is 488. The Morgan fingerprint density at radius 1 is 1.37 bits per heavy atom. The Hall–Kier alpha value is -1.47. The van der Waals surface area contributed by atoms with Crippen molar-refractivity contribution < 1.29 is 27.8 Å². The van der Waals surface area contributed by atoms with Crippen LogP contribution in [-0.2, 0) is 0 Å². The number of hydrogen-bond donors (Lipinski definition) is 2. The van der Waals surface area contributed by atoms with Gasteiger partial charge in [0.05, 0.1) is 6.04 Å². The van der Waals surface area contributed by atoms with Gasteiger partial charge in [0.25, 0.3) is 0 Å². The molecule has 0 aliphatic carbocycles. The molecule has 0 bridgehead atoms. The Kier molecular flexibility index (Phi) is 3.14. The maximum atomic E-state index is 12.1. The number of halogens is 3. The van der Waals surface area contributed by atoms with Gasteiger partial charge in [-0.2, -0.15) is 0 Å². The molecule has 2 atom stereocenters. The van der Waals surface area contributed by atoms with Crippen LogP contribution in [0.5, 0.6) is 11.5 Å². The first kappa shape index (κ1) is 14.0. The van der Waals surface area contributed by atoms with E-state index in [4.69, 9.17) is 10.5 Å². The number of aliphatic hydroxyl groups excluding tert-OH is 1. The second-order valence-electron chi connectivity index (χ2n) is 4.92. The molecule has 0 amide bonds. The van der Waals surface area contributed by atoms with E-state index in [0.29, 0.717) is 5.75 Å². The first-order valence-corrected chi connectivity index (χ1v) is 5.62. The summed E-state index contributed by atoms with van der Waals surface area (Å²) in [6.07, 6.45) is -5.80. The zero-order chi connectivity index (χ0) is 14.4. The van der Waals surface area contributed by atoms with Crippen molar-refractivity contribution in [3.8, 4) is 11.5 Å². The van der Waals surface area contributed by atoms with E-state index in [1.54, 1.807) is 13.8 Å². The van der Waals surface area contributed by atoms with Crippen LogP contribution >= 0.6 is 0 Å². The van der Waals surface area contributed by atoms with Gasteiger partial charge >= 0.3 is 6.36 Å². The number of ether oxygens (including phenoxy) is 2. The smallest absolute Gasteiger partial charge is 0.485 e. The van der Waals surface area contributed by atoms with E-state index in [1.807, 2.05) is 0 Å². The highest BCUT2D eigenvalue weighted by Gasteiger charge is 2.41. The van der Waals surface area contributed by atoms with Crippen LogP contribution in [0.3, 0.4) is 0 Å². The number of fused-ring (bicyclic) bond motifs is 1. The molecule has 7 heteroatoms. The standard InChI is InChI=1S/C12H14F3NO3/c1-11(2)10(17)9(16)7-5-6(18-12(13,14)15)3-4-8(7)19-11/h3-5,9-10,17H,16H2,1-2H3/t9-,10+/m1/s1. The maximum Gasteiger partial charge on any atom is 0.573 e. The molecule has 1 aliphatic rings. The normalized spacial score (nSPS) is 25.4. The van der Waals surface area contributed by atoms with Gasteiger partial charge in [-0.1, -0.05) is 0 Å². The molecule has 1 heterocycles. The van der Waals surface area contributed by atoms with Crippen molar-refractivity contribution in [1.29, 1.82) is 0 Å². The maximum absolute atomic E-state index is 12.1. The van der Waals surface area contributed by atoms with Gasteiger partial charge < -0.3 is 20.3 Å². The fraction of sp³-hybridized carbons (Fsp3) is 0.500. The number of alkyl halides is 3. The molecular formula is C12H14F3NO3. The molecule has 1 aromatic carbocycles. The lowest BCUT2D eigenvalue weighted by atomic mass is 9.87. The summed E-state index contributed by atoms with van der Waals surface area (Å²) < 4.78 is 45.7. The topological polar surface area (TPSA) is 64.7 Å². The van der Waals surface area contributed by atoms with Gasteiger partial charge in [-0.05, 0) is 32.0 Å². The van der Waals surface area contributed by atoms with E-state index in [2.05, 4.69) is 4.74 Å². The molecule has 0 fully saturated rings. The number of nitrogens with two attached hydrogens (primary N) is 1. The van der Waals surface area contributed by atoms with E-state index in [1.165, 1.54) is 6.07 Å². The monoisotopic (exact) mass is 277 g/mol. The molecule has 1 aromatic rings. The average molecular weight is 277 g/mol. The van der Waals surface area contributed by atoms with E-state index in [-0.39, 0.29) is 5.56 Å². The minimum Gasteiger partial charge on any atom is -0.485 e. The van der Waals surface area contributed by atoms with Gasteiger partial charge in [0, 0.05) is 5.56 Å². The van der Waals surface area contributed by atoms with Crippen LogP contribution < -0.4 is 15.2 Å². The van der Waals surface area contributed by atoms with Gasteiger partial charge in [-0.25, -0.2) is 0 Å². The van der Waals surface area contributed by atoms with Crippen molar-refractivity contribution in [2.24, 2.45) is 5.73 Å². The lowest BCUT2D eigenvalue weighted by Crippen LogP contribution is -2.51. The van der Waals surface area contributed by atoms with Crippen LogP contribution in [0.4, 0.5) is 13.2 Å². The van der Waals surface area contributed by atoms with Gasteiger partial charge in [0.1, 0.15) is 23.2 Å². The SMILES string of the molecule is CC1(C)Oc2ccc(OC(F)(F)F)cc2[C@@H](N)[C@@H]1O. The van der Waals surface area contributed by atoms with E-state index >= 15 is 0 Å². The summed E-state index contributed by atoms with van der Waals surface area (Å²) in [6, 6.07) is 2.79. The second-order valence-corrected chi connectivity index (χ2v) is 4.92. The predicted molar refractivity (Wildman–Crippen MR) is 60.8 cm³/mol. The number of rotatable bonds is 1. The minimum atomic E-state index is -4.77. The molecule has 2 rings (SSSR count). The minimum absolute atomic E-state index is 0.286. The summed E-state index contributed by atoms with van der Waals surface area (Å²) in [4.78, 5) is 0. The van der Waals surface area contributed by atoms with Crippen molar-refractivity contribution in [2.75, 3.05) is 0 Å². The first-order chi connectivity index (χ1) is 8.60. The number of aliphatic hydroxyl groups is 1. The predicted octanol–water partition coefficient (Wildman–Crippen LogP) is 2.12. The summed E-state index contributed by atoms with van der Waals surface area (Å²) in [5.41, 5.74) is 5.21. The van der Waals surface area contributed by atoms with Crippen molar-refractivity contribution in [3.05, 3.63) is 23.8 Å². The fourth-order valence-electron chi connectivity index (χ4n) is 2.02. The molecule has 4 nitrogen and oxygen atoms in total. The number of hydrogen-bond acceptors (Lipinski definition) is 4. The third kappa shape index (κ3) is 2.76. The molecule has 106 valence electrons. The van der Waals surface area contributed by atoms with Crippen LogP contribution in [0.15, 0.2) is 18.2 Å². The van der Waals surface area contributed by atoms with Crippen LogP contribution in [0.1, 0.15) is 25.5 Å². The molecule has 1 aliphatic heterocycles. The third-order valence-corrected chi connectivity index (χ3v) is 3.00. The van der Waals surface area contributed by atoms with Crippen LogP contribution in [0.2, 0.25) is 0 Å². The Morgan fingerprint density at radius 2 is 2.00 bits per heavy atom. The van der Waals surface area contributed by atoms with Crippen molar-refractivity contribution in [3.63, 3.8) is 0 Å². The van der Waals surface area contributed by atoms with Gasteiger partial charge in [0.2, 0.25) is 0 Å². The molecule has 3 N–H and O–H groups in total. The zero-order valence-corrected chi connectivity index (χ0v) is 10.4. The molecular weight excluding hydrogens is 263 g/mol. The van der Waals surface area contributed by atoms with Crippen LogP contribution in [0, 0.1) is 0 Å². The van der Waals surface area contributed by atoms with Crippen molar-refractivity contribution >= 4 is 0 Å². The Balaban J connectivity index is 2.36. The summed E-state index contributed by atoms with van der Waals surface area (Å²) in [5, 5.41) is 9.96. The third-order valence-electron chi connectivity index (χ3n) is 3.00. The van der Waals surface area contributed by atoms with Gasteiger partial charge in [-0.15, -0.1) is 13.2 Å². The van der Waals surface area contributed by atoms with Gasteiger partial charge in [-0.3, -0.25) is 0 Å². The zero-order valence-electron chi connectivity index (χ0n) is 10.4. The summed E-state index contributed by atoms with van der Waals surface area (Å²) >= 11 is 0. The molecule has 0 saturated heterocycles. The van der Waals surface area contributed by atoms with Crippen molar-refractivity contribution in [2.45, 2.75) is 38.0 Å². The highest BCUT2D eigenvalue weighted by molar-refractivity contribution is 5.45. The second kappa shape index (κ2) is 4.28. The summed E-state index contributed by atoms with van der Waals surface area (Å²) in [6.45, 7) is 3.31. The van der Waals surface area contributed by atoms with E-state index in [9.17, 15) is 18.3 Å². The van der Waals surface area contributed by atoms with Gasteiger partial charge in [0.15, 0.2) is 0 Å². The molecule has 0 saturated carbocycles. The highest BCUT2D eigenvalue weighted by Crippen LogP contribution is 2.40. The molecule has 0 unspecified atom stereocenters. The Labute approximate surface area is 107 Å². The molecule has 0 radical (unpaired) electrons. The summed E-state index contributed by atoms with van der Waals surface area (Å²) in [5.74, 6) is -0.0467. The first-order valence-electron chi connectivity index (χ1n) is 5.62. The van der Waals surface area contributed by atoms with Crippen LogP contribution in [0.25, 0.3) is 0 Å². The van der Waals surface area contributed by atoms with E-state index < -0.39 is 29.9 Å². The van der Waals surface area contributed by atoms with E-state index in [0.717, 1.165) is 12.1 Å². The lowest BCUT2D eigenvalue weighted by Gasteiger charge is -2.40. The number of benzene rings is 1. The largest absolute Gasteiger partial charge is 0.573 e. The Morgan fingerprint density at radius 3 is 2.58 bits per heavy atom. The highest BCUT2D eigenvalue weighted by atomic mass is 19.4. The summed E-state index contributed by atoms with van der Waals surface area (Å²) in [7, 11) is 0. The van der Waals surface area contributed by atoms with Crippen LogP contribution in [-0.4, -0.2) is 23.2 Å². The fourth-order valence-corrected chi connectivity index (χ4v) is 2.02. The molecule has 0 aromatic heterocycles. The quantitative estimate of drug-likeness (QED) is 0.825. The average Bonchev–Trinajstić information content (AvgIpc) is 2.25. The van der Waals surface area contributed by atoms with Crippen molar-refractivity contribution in [1.82, 2.24) is 0 Å². The molecule has 19 heavy (non-hydrogen) atoms. The lowest BCUT2D eigenvalue weighted by molar-refractivity contribution is -0.274.